The molecule has 1 aliphatic rings. The third kappa shape index (κ3) is 9.04. The van der Waals surface area contributed by atoms with Crippen LogP contribution in [0.15, 0.2) is 0 Å². The number of Topliss-reactive ketones (excluding diaryl/α,β-unsaturated/α-hetero) is 1. The van der Waals surface area contributed by atoms with Crippen LogP contribution in [0.2, 0.25) is 0 Å². The van der Waals surface area contributed by atoms with E-state index in [1.807, 2.05) is 0 Å². The maximum absolute atomic E-state index is 11.7. The summed E-state index contributed by atoms with van der Waals surface area (Å²) in [4.78, 5) is 22.0. The van der Waals surface area contributed by atoms with Crippen LogP contribution in [0.3, 0.4) is 0 Å². The van der Waals surface area contributed by atoms with Gasteiger partial charge in [-0.2, -0.15) is 0 Å². The van der Waals surface area contributed by atoms with Crippen molar-refractivity contribution in [2.24, 2.45) is 0 Å². The summed E-state index contributed by atoms with van der Waals surface area (Å²) < 4.78 is 10.8. The largest absolute Gasteiger partial charge is 0.481 e. The molecular weight excluding hydrogens is 260 g/mol. The average molecular weight is 286 g/mol. The number of aliphatic carboxylic acids is 1. The van der Waals surface area contributed by atoms with E-state index in [1.165, 1.54) is 0 Å². The molecule has 0 radical (unpaired) electrons. The molecule has 0 amide bonds. The van der Waals surface area contributed by atoms with Crippen molar-refractivity contribution < 1.29 is 24.2 Å². The molecule has 1 heterocycles. The molecule has 1 aliphatic heterocycles. The minimum absolute atomic E-state index is 0.191. The first kappa shape index (κ1) is 17.1. The summed E-state index contributed by atoms with van der Waals surface area (Å²) in [5, 5.41) is 8.49. The van der Waals surface area contributed by atoms with E-state index in [0.717, 1.165) is 51.7 Å². The normalized spacial score (nSPS) is 16.2. The Morgan fingerprint density at radius 3 is 2.15 bits per heavy atom. The van der Waals surface area contributed by atoms with E-state index in [1.54, 1.807) is 0 Å². The molecular formula is C15H26O5. The van der Waals surface area contributed by atoms with Gasteiger partial charge in [-0.3, -0.25) is 9.59 Å². The van der Waals surface area contributed by atoms with E-state index in [0.29, 0.717) is 19.3 Å². The van der Waals surface area contributed by atoms with Gasteiger partial charge in [0, 0.05) is 25.7 Å². The minimum atomic E-state index is -0.729. The molecule has 1 saturated heterocycles. The van der Waals surface area contributed by atoms with Crippen molar-refractivity contribution in [3.63, 3.8) is 0 Å². The van der Waals surface area contributed by atoms with E-state index in [4.69, 9.17) is 14.6 Å². The molecule has 0 spiro atoms. The van der Waals surface area contributed by atoms with E-state index < -0.39 is 5.97 Å². The Balaban J connectivity index is 1.88. The molecule has 5 nitrogen and oxygen atoms in total. The Hall–Kier alpha value is -0.940. The topological polar surface area (TPSA) is 72.8 Å². The maximum atomic E-state index is 11.7. The first-order valence-electron chi connectivity index (χ1n) is 7.65. The standard InChI is InChI=1S/C15H26O5/c16-13(9-10-15-19-11-6-12-20-15)7-4-2-1-3-5-8-14(17)18/h15H,1-12H2,(H,17,18). The van der Waals surface area contributed by atoms with E-state index in [2.05, 4.69) is 0 Å². The summed E-state index contributed by atoms with van der Waals surface area (Å²) in [5.74, 6) is -0.458. The number of carboxylic acids is 1. The van der Waals surface area contributed by atoms with Gasteiger partial charge in [0.05, 0.1) is 13.2 Å². The van der Waals surface area contributed by atoms with Crippen LogP contribution in [0.5, 0.6) is 0 Å². The molecule has 1 rings (SSSR count). The summed E-state index contributed by atoms with van der Waals surface area (Å²) in [5.41, 5.74) is 0. The van der Waals surface area contributed by atoms with Gasteiger partial charge in [-0.25, -0.2) is 0 Å². The van der Waals surface area contributed by atoms with E-state index in [-0.39, 0.29) is 18.5 Å². The van der Waals surface area contributed by atoms with E-state index >= 15 is 0 Å². The van der Waals surface area contributed by atoms with Crippen LogP contribution in [-0.2, 0) is 19.1 Å². The lowest BCUT2D eigenvalue weighted by molar-refractivity contribution is -0.182. The number of carbonyl (C=O) groups excluding carboxylic acids is 1. The monoisotopic (exact) mass is 286 g/mol. The van der Waals surface area contributed by atoms with Crippen LogP contribution < -0.4 is 0 Å². The Bertz CT molecular complexity index is 284. The summed E-state index contributed by atoms with van der Waals surface area (Å²) in [6, 6.07) is 0. The SMILES string of the molecule is O=C(O)CCCCCCCC(=O)CCC1OCCCO1. The third-order valence-corrected chi connectivity index (χ3v) is 3.40. The summed E-state index contributed by atoms with van der Waals surface area (Å²) >= 11 is 0. The van der Waals surface area contributed by atoms with Crippen LogP contribution in [-0.4, -0.2) is 36.4 Å². The number of unbranched alkanes of at least 4 members (excludes halogenated alkanes) is 4. The average Bonchev–Trinajstić information content (AvgIpc) is 2.45. The minimum Gasteiger partial charge on any atom is -0.481 e. The molecule has 0 atom stereocenters. The second kappa shape index (κ2) is 10.8. The number of ketones is 1. The van der Waals surface area contributed by atoms with Gasteiger partial charge >= 0.3 is 5.97 Å². The van der Waals surface area contributed by atoms with Gasteiger partial charge in [-0.05, 0) is 19.3 Å². The third-order valence-electron chi connectivity index (χ3n) is 3.40. The lowest BCUT2D eigenvalue weighted by Gasteiger charge is -2.22. The van der Waals surface area contributed by atoms with Crippen LogP contribution in [0.1, 0.15) is 64.2 Å². The zero-order valence-corrected chi connectivity index (χ0v) is 12.1. The van der Waals surface area contributed by atoms with Crippen molar-refractivity contribution in [1.82, 2.24) is 0 Å². The van der Waals surface area contributed by atoms with Crippen molar-refractivity contribution >= 4 is 11.8 Å². The molecule has 0 aliphatic carbocycles. The van der Waals surface area contributed by atoms with Crippen molar-refractivity contribution in [3.05, 3.63) is 0 Å². The lowest BCUT2D eigenvalue weighted by Crippen LogP contribution is -2.25. The van der Waals surface area contributed by atoms with Gasteiger partial charge in [0.25, 0.3) is 0 Å². The fourth-order valence-electron chi connectivity index (χ4n) is 2.24. The first-order chi connectivity index (χ1) is 9.68. The Morgan fingerprint density at radius 2 is 1.50 bits per heavy atom. The van der Waals surface area contributed by atoms with Crippen molar-refractivity contribution in [2.75, 3.05) is 13.2 Å². The second-order valence-electron chi connectivity index (χ2n) is 5.26. The van der Waals surface area contributed by atoms with Gasteiger partial charge in [0.15, 0.2) is 6.29 Å². The second-order valence-corrected chi connectivity index (χ2v) is 5.26. The molecule has 1 N–H and O–H groups in total. The number of carbonyl (C=O) groups is 2. The zero-order chi connectivity index (χ0) is 14.6. The molecule has 116 valence electrons. The summed E-state index contributed by atoms with van der Waals surface area (Å²) in [6.07, 6.45) is 7.39. The predicted molar refractivity (Wildman–Crippen MR) is 74.5 cm³/mol. The molecule has 0 aromatic rings. The number of ether oxygens (including phenoxy) is 2. The molecule has 0 aromatic carbocycles. The fourth-order valence-corrected chi connectivity index (χ4v) is 2.24. The van der Waals surface area contributed by atoms with Crippen LogP contribution in [0.25, 0.3) is 0 Å². The number of hydrogen-bond acceptors (Lipinski definition) is 4. The Labute approximate surface area is 120 Å². The lowest BCUT2D eigenvalue weighted by atomic mass is 10.1. The molecule has 0 aromatic heterocycles. The maximum Gasteiger partial charge on any atom is 0.303 e. The van der Waals surface area contributed by atoms with Crippen molar-refractivity contribution in [3.8, 4) is 0 Å². The van der Waals surface area contributed by atoms with Gasteiger partial charge < -0.3 is 14.6 Å². The highest BCUT2D eigenvalue weighted by Crippen LogP contribution is 2.13. The van der Waals surface area contributed by atoms with Crippen molar-refractivity contribution in [2.45, 2.75) is 70.5 Å². The Morgan fingerprint density at radius 1 is 0.900 bits per heavy atom. The number of rotatable bonds is 11. The predicted octanol–water partition coefficient (Wildman–Crippen LogP) is 2.91. The fraction of sp³-hybridized carbons (Fsp3) is 0.867. The summed E-state index contributed by atoms with van der Waals surface area (Å²) in [7, 11) is 0. The number of carboxylic acid groups (broad SMARTS) is 1. The van der Waals surface area contributed by atoms with Gasteiger partial charge in [-0.1, -0.05) is 19.3 Å². The quantitative estimate of drug-likeness (QED) is 0.591. The van der Waals surface area contributed by atoms with Crippen molar-refractivity contribution in [1.29, 1.82) is 0 Å². The van der Waals surface area contributed by atoms with Gasteiger partial charge in [0.2, 0.25) is 0 Å². The molecule has 20 heavy (non-hydrogen) atoms. The van der Waals surface area contributed by atoms with Crippen LogP contribution in [0.4, 0.5) is 0 Å². The van der Waals surface area contributed by atoms with Gasteiger partial charge in [-0.15, -0.1) is 0 Å². The highest BCUT2D eigenvalue weighted by molar-refractivity contribution is 5.78. The molecule has 0 saturated carbocycles. The molecule has 0 bridgehead atoms. The van der Waals surface area contributed by atoms with Crippen LogP contribution in [0, 0.1) is 0 Å². The van der Waals surface area contributed by atoms with E-state index in [9.17, 15) is 9.59 Å². The molecule has 0 unspecified atom stereocenters. The molecule has 1 fully saturated rings. The zero-order valence-electron chi connectivity index (χ0n) is 12.1. The van der Waals surface area contributed by atoms with Crippen LogP contribution >= 0.6 is 0 Å². The summed E-state index contributed by atoms with van der Waals surface area (Å²) in [6.45, 7) is 1.46. The van der Waals surface area contributed by atoms with Gasteiger partial charge in [0.1, 0.15) is 5.78 Å². The highest BCUT2D eigenvalue weighted by Gasteiger charge is 2.15. The molecule has 5 heteroatoms. The smallest absolute Gasteiger partial charge is 0.303 e. The highest BCUT2D eigenvalue weighted by atomic mass is 16.7. The number of hydrogen-bond donors (Lipinski definition) is 1. The Kier molecular flexibility index (Phi) is 9.24. The first-order valence-corrected chi connectivity index (χ1v) is 7.65.